The molecule has 3 atom stereocenters. The van der Waals surface area contributed by atoms with Crippen LogP contribution in [0.1, 0.15) is 19.4 Å². The summed E-state index contributed by atoms with van der Waals surface area (Å²) in [5.41, 5.74) is 1.01. The van der Waals surface area contributed by atoms with Gasteiger partial charge in [-0.05, 0) is 32.9 Å². The van der Waals surface area contributed by atoms with Gasteiger partial charge in [-0.1, -0.05) is 17.7 Å². The first kappa shape index (κ1) is 15.9. The van der Waals surface area contributed by atoms with Crippen LogP contribution in [0.3, 0.4) is 0 Å². The maximum atomic E-state index is 12.3. The van der Waals surface area contributed by atoms with Crippen molar-refractivity contribution in [1.29, 1.82) is 0 Å². The highest BCUT2D eigenvalue weighted by Gasteiger charge is 2.50. The van der Waals surface area contributed by atoms with Gasteiger partial charge >= 0.3 is 0 Å². The van der Waals surface area contributed by atoms with Crippen molar-refractivity contribution in [2.24, 2.45) is 0 Å². The summed E-state index contributed by atoms with van der Waals surface area (Å²) in [7, 11) is -3.55. The maximum absolute atomic E-state index is 12.3. The molecule has 2 aliphatic rings. The van der Waals surface area contributed by atoms with Crippen molar-refractivity contribution in [1.82, 2.24) is 4.72 Å². The minimum atomic E-state index is -3.55. The molecule has 2 aliphatic heterocycles. The Labute approximate surface area is 130 Å². The van der Waals surface area contributed by atoms with E-state index in [-0.39, 0.29) is 29.8 Å². The van der Waals surface area contributed by atoms with Crippen LogP contribution in [0.2, 0.25) is 0 Å². The molecule has 2 heterocycles. The number of benzene rings is 1. The van der Waals surface area contributed by atoms with Crippen LogP contribution in [-0.4, -0.2) is 45.7 Å². The number of fused-ring (bicyclic) bond motifs is 1. The van der Waals surface area contributed by atoms with Gasteiger partial charge in [0.15, 0.2) is 5.79 Å². The molecule has 0 radical (unpaired) electrons. The summed E-state index contributed by atoms with van der Waals surface area (Å²) in [4.78, 5) is 0.247. The van der Waals surface area contributed by atoms with E-state index in [0.717, 1.165) is 5.56 Å². The number of sulfonamides is 1. The van der Waals surface area contributed by atoms with E-state index in [2.05, 4.69) is 4.72 Å². The number of aryl methyl sites for hydroxylation is 1. The molecule has 7 heteroatoms. The van der Waals surface area contributed by atoms with E-state index in [0.29, 0.717) is 6.61 Å². The predicted molar refractivity (Wildman–Crippen MR) is 79.9 cm³/mol. The van der Waals surface area contributed by atoms with Gasteiger partial charge in [0.2, 0.25) is 10.0 Å². The lowest BCUT2D eigenvalue weighted by atomic mass is 10.1. The zero-order valence-electron chi connectivity index (χ0n) is 12.9. The first-order chi connectivity index (χ1) is 10.3. The molecule has 0 saturated carbocycles. The SMILES string of the molecule is Cc1ccc(S(=O)(=O)NC[C@H]2OC[C@H]3OC(C)(C)O[C@@H]23)cc1. The molecule has 0 bridgehead atoms. The first-order valence-corrected chi connectivity index (χ1v) is 8.79. The Morgan fingerprint density at radius 1 is 1.23 bits per heavy atom. The van der Waals surface area contributed by atoms with Crippen molar-refractivity contribution in [3.8, 4) is 0 Å². The molecule has 1 N–H and O–H groups in total. The fraction of sp³-hybridized carbons (Fsp3) is 0.600. The van der Waals surface area contributed by atoms with E-state index in [1.165, 1.54) is 0 Å². The summed E-state index contributed by atoms with van der Waals surface area (Å²) < 4.78 is 44.2. The van der Waals surface area contributed by atoms with Crippen molar-refractivity contribution in [3.63, 3.8) is 0 Å². The van der Waals surface area contributed by atoms with Gasteiger partial charge in [-0.3, -0.25) is 0 Å². The predicted octanol–water partition coefficient (Wildman–Crippen LogP) is 1.19. The standard InChI is InChI=1S/C15H21NO5S/c1-10-4-6-11(7-5-10)22(17,18)16-8-12-14-13(9-19-12)20-15(2,3)21-14/h4-7,12-14,16H,8-9H2,1-3H3/t12-,13-,14+/m1/s1. The van der Waals surface area contributed by atoms with E-state index in [4.69, 9.17) is 14.2 Å². The van der Waals surface area contributed by atoms with Gasteiger partial charge in [0.1, 0.15) is 18.3 Å². The number of ether oxygens (including phenoxy) is 3. The molecule has 2 saturated heterocycles. The third-order valence-electron chi connectivity index (χ3n) is 3.87. The minimum Gasteiger partial charge on any atom is -0.371 e. The second-order valence-corrected chi connectivity index (χ2v) is 7.94. The molecule has 2 fully saturated rings. The molecule has 1 aromatic rings. The van der Waals surface area contributed by atoms with Crippen LogP contribution in [0.4, 0.5) is 0 Å². The van der Waals surface area contributed by atoms with Gasteiger partial charge in [0, 0.05) is 6.54 Å². The average Bonchev–Trinajstić information content (AvgIpc) is 2.92. The molecule has 1 aromatic carbocycles. The van der Waals surface area contributed by atoms with E-state index >= 15 is 0 Å². The Morgan fingerprint density at radius 2 is 1.91 bits per heavy atom. The zero-order chi connectivity index (χ0) is 16.0. The molecule has 0 unspecified atom stereocenters. The summed E-state index contributed by atoms with van der Waals surface area (Å²) in [6, 6.07) is 6.72. The quantitative estimate of drug-likeness (QED) is 0.899. The largest absolute Gasteiger partial charge is 0.371 e. The van der Waals surface area contributed by atoms with Gasteiger partial charge < -0.3 is 14.2 Å². The topological polar surface area (TPSA) is 73.9 Å². The Balaban J connectivity index is 1.64. The molecule has 6 nitrogen and oxygen atoms in total. The fourth-order valence-corrected chi connectivity index (χ4v) is 3.83. The molecule has 22 heavy (non-hydrogen) atoms. The molecular formula is C15H21NO5S. The van der Waals surface area contributed by atoms with Crippen molar-refractivity contribution in [2.75, 3.05) is 13.2 Å². The van der Waals surface area contributed by atoms with Gasteiger partial charge in [0.25, 0.3) is 0 Å². The third-order valence-corrected chi connectivity index (χ3v) is 5.31. The van der Waals surface area contributed by atoms with Gasteiger partial charge in [-0.25, -0.2) is 13.1 Å². The van der Waals surface area contributed by atoms with E-state index in [1.54, 1.807) is 24.3 Å². The molecular weight excluding hydrogens is 306 g/mol. The molecule has 0 aromatic heterocycles. The molecule has 0 amide bonds. The monoisotopic (exact) mass is 327 g/mol. The van der Waals surface area contributed by atoms with Crippen molar-refractivity contribution < 1.29 is 22.6 Å². The number of rotatable bonds is 4. The van der Waals surface area contributed by atoms with Crippen molar-refractivity contribution >= 4 is 10.0 Å². The summed E-state index contributed by atoms with van der Waals surface area (Å²) in [5, 5.41) is 0. The maximum Gasteiger partial charge on any atom is 0.240 e. The lowest BCUT2D eigenvalue weighted by Gasteiger charge is -2.21. The third kappa shape index (κ3) is 3.18. The second kappa shape index (κ2) is 5.58. The van der Waals surface area contributed by atoms with Crippen LogP contribution in [-0.2, 0) is 24.2 Å². The van der Waals surface area contributed by atoms with Crippen LogP contribution < -0.4 is 4.72 Å². The lowest BCUT2D eigenvalue weighted by molar-refractivity contribution is -0.174. The zero-order valence-corrected chi connectivity index (χ0v) is 13.7. The molecule has 3 rings (SSSR count). The van der Waals surface area contributed by atoms with Crippen LogP contribution in [0.25, 0.3) is 0 Å². The number of nitrogens with one attached hydrogen (secondary N) is 1. The summed E-state index contributed by atoms with van der Waals surface area (Å²) >= 11 is 0. The highest BCUT2D eigenvalue weighted by Crippen LogP contribution is 2.35. The van der Waals surface area contributed by atoms with E-state index < -0.39 is 15.8 Å². The van der Waals surface area contributed by atoms with Crippen LogP contribution in [0.5, 0.6) is 0 Å². The summed E-state index contributed by atoms with van der Waals surface area (Å²) in [6.45, 7) is 6.19. The first-order valence-electron chi connectivity index (χ1n) is 7.30. The normalized spacial score (nSPS) is 30.4. The Kier molecular flexibility index (Phi) is 4.03. The lowest BCUT2D eigenvalue weighted by Crippen LogP contribution is -2.39. The van der Waals surface area contributed by atoms with Gasteiger partial charge in [0.05, 0.1) is 11.5 Å². The second-order valence-electron chi connectivity index (χ2n) is 6.18. The van der Waals surface area contributed by atoms with Crippen molar-refractivity contribution in [2.45, 2.75) is 49.8 Å². The van der Waals surface area contributed by atoms with E-state index in [9.17, 15) is 8.42 Å². The Morgan fingerprint density at radius 3 is 2.59 bits per heavy atom. The summed E-state index contributed by atoms with van der Waals surface area (Å²) in [5.74, 6) is -0.646. The fourth-order valence-electron chi connectivity index (χ4n) is 2.79. The van der Waals surface area contributed by atoms with Gasteiger partial charge in [-0.2, -0.15) is 0 Å². The molecule has 0 aliphatic carbocycles. The average molecular weight is 327 g/mol. The number of hydrogen-bond acceptors (Lipinski definition) is 5. The Bertz CT molecular complexity index is 640. The van der Waals surface area contributed by atoms with Crippen LogP contribution in [0.15, 0.2) is 29.2 Å². The smallest absolute Gasteiger partial charge is 0.240 e. The van der Waals surface area contributed by atoms with E-state index in [1.807, 2.05) is 20.8 Å². The highest BCUT2D eigenvalue weighted by molar-refractivity contribution is 7.89. The highest BCUT2D eigenvalue weighted by atomic mass is 32.2. The molecule has 122 valence electrons. The Hall–Kier alpha value is -0.990. The van der Waals surface area contributed by atoms with Crippen molar-refractivity contribution in [3.05, 3.63) is 29.8 Å². The molecule has 0 spiro atoms. The van der Waals surface area contributed by atoms with Crippen LogP contribution >= 0.6 is 0 Å². The van der Waals surface area contributed by atoms with Crippen LogP contribution in [0, 0.1) is 6.92 Å². The van der Waals surface area contributed by atoms with Gasteiger partial charge in [-0.15, -0.1) is 0 Å². The number of hydrogen-bond donors (Lipinski definition) is 1. The minimum absolute atomic E-state index is 0.135. The summed E-state index contributed by atoms with van der Waals surface area (Å²) in [6.07, 6.45) is -0.716.